The Morgan fingerprint density at radius 2 is 1.67 bits per heavy atom. The zero-order valence-electron chi connectivity index (χ0n) is 17.9. The summed E-state index contributed by atoms with van der Waals surface area (Å²) in [6, 6.07) is 23.5. The van der Waals surface area contributed by atoms with E-state index in [0.717, 1.165) is 11.4 Å². The molecule has 0 radical (unpaired) electrons. The second-order valence-corrected chi connectivity index (χ2v) is 8.52. The normalized spacial score (nSPS) is 10.7. The van der Waals surface area contributed by atoms with Crippen molar-refractivity contribution in [2.24, 2.45) is 0 Å². The van der Waals surface area contributed by atoms with Crippen molar-refractivity contribution in [2.75, 3.05) is 11.1 Å². The number of rotatable bonds is 8. The van der Waals surface area contributed by atoms with Crippen LogP contribution in [0.3, 0.4) is 0 Å². The molecule has 1 heterocycles. The van der Waals surface area contributed by atoms with Crippen LogP contribution in [0.4, 0.5) is 5.69 Å². The lowest BCUT2D eigenvalue weighted by Gasteiger charge is -2.11. The fourth-order valence-electron chi connectivity index (χ4n) is 3.36. The molecule has 6 nitrogen and oxygen atoms in total. The number of ketones is 1. The summed E-state index contributed by atoms with van der Waals surface area (Å²) < 4.78 is 1.97. The van der Waals surface area contributed by atoms with E-state index < -0.39 is 0 Å². The molecule has 0 spiro atoms. The van der Waals surface area contributed by atoms with Gasteiger partial charge in [0, 0.05) is 28.3 Å². The molecule has 0 bridgehead atoms. The predicted molar refractivity (Wildman–Crippen MR) is 132 cm³/mol. The van der Waals surface area contributed by atoms with E-state index in [0.29, 0.717) is 33.5 Å². The average Bonchev–Trinajstić information content (AvgIpc) is 3.27. The van der Waals surface area contributed by atoms with Crippen LogP contribution in [0.25, 0.3) is 11.4 Å². The smallest absolute Gasteiger partial charge is 0.234 e. The fourth-order valence-corrected chi connectivity index (χ4v) is 4.33. The number of aromatic nitrogens is 3. The maximum atomic E-state index is 13.0. The number of hydrogen-bond donors (Lipinski definition) is 1. The SMILES string of the molecule is CCn1c(SCC(=O)Nc2ccc(Cl)cc2C(=O)c2ccccc2)nnc1-c1ccccc1. The maximum Gasteiger partial charge on any atom is 0.234 e. The molecule has 1 N–H and O–H groups in total. The molecule has 1 aromatic heterocycles. The average molecular weight is 477 g/mol. The molecule has 0 saturated carbocycles. The van der Waals surface area contributed by atoms with Gasteiger partial charge in [-0.25, -0.2) is 0 Å². The van der Waals surface area contributed by atoms with Gasteiger partial charge in [0.25, 0.3) is 0 Å². The molecule has 0 fully saturated rings. The molecule has 0 atom stereocenters. The van der Waals surface area contributed by atoms with E-state index in [-0.39, 0.29) is 17.4 Å². The van der Waals surface area contributed by atoms with Crippen molar-refractivity contribution in [1.82, 2.24) is 14.8 Å². The molecule has 1 amide bonds. The lowest BCUT2D eigenvalue weighted by molar-refractivity contribution is -0.113. The molecule has 0 aliphatic heterocycles. The van der Waals surface area contributed by atoms with Crippen molar-refractivity contribution in [2.45, 2.75) is 18.6 Å². The van der Waals surface area contributed by atoms with Gasteiger partial charge in [0.2, 0.25) is 5.91 Å². The molecule has 0 aliphatic rings. The summed E-state index contributed by atoms with van der Waals surface area (Å²) >= 11 is 7.42. The summed E-state index contributed by atoms with van der Waals surface area (Å²) in [6.45, 7) is 2.68. The minimum Gasteiger partial charge on any atom is -0.325 e. The van der Waals surface area contributed by atoms with E-state index in [4.69, 9.17) is 11.6 Å². The number of anilines is 1. The second kappa shape index (κ2) is 10.5. The Labute approximate surface area is 201 Å². The Morgan fingerprint density at radius 1 is 0.970 bits per heavy atom. The molecule has 0 unspecified atom stereocenters. The van der Waals surface area contributed by atoms with E-state index in [9.17, 15) is 9.59 Å². The van der Waals surface area contributed by atoms with Gasteiger partial charge in [-0.1, -0.05) is 84.0 Å². The van der Waals surface area contributed by atoms with Crippen molar-refractivity contribution < 1.29 is 9.59 Å². The van der Waals surface area contributed by atoms with Gasteiger partial charge >= 0.3 is 0 Å². The number of carbonyl (C=O) groups is 2. The number of nitrogens with zero attached hydrogens (tertiary/aromatic N) is 3. The summed E-state index contributed by atoms with van der Waals surface area (Å²) in [4.78, 5) is 25.7. The lowest BCUT2D eigenvalue weighted by Crippen LogP contribution is -2.17. The molecular formula is C25H21ClN4O2S. The van der Waals surface area contributed by atoms with Crippen LogP contribution in [0.2, 0.25) is 5.02 Å². The number of halogens is 1. The van der Waals surface area contributed by atoms with Gasteiger partial charge < -0.3 is 9.88 Å². The number of hydrogen-bond acceptors (Lipinski definition) is 5. The molecule has 8 heteroatoms. The molecule has 4 aromatic rings. The van der Waals surface area contributed by atoms with Gasteiger partial charge in [0.1, 0.15) is 0 Å². The number of nitrogens with one attached hydrogen (secondary N) is 1. The summed E-state index contributed by atoms with van der Waals surface area (Å²) in [5.41, 5.74) is 2.25. The minimum absolute atomic E-state index is 0.120. The van der Waals surface area contributed by atoms with Gasteiger partial charge in [0.05, 0.1) is 11.4 Å². The zero-order valence-corrected chi connectivity index (χ0v) is 19.4. The zero-order chi connectivity index (χ0) is 23.2. The maximum absolute atomic E-state index is 13.0. The van der Waals surface area contributed by atoms with Crippen LogP contribution in [0.1, 0.15) is 22.8 Å². The van der Waals surface area contributed by atoms with Gasteiger partial charge in [0.15, 0.2) is 16.8 Å². The molecule has 3 aromatic carbocycles. The number of thioether (sulfide) groups is 1. The Bertz CT molecular complexity index is 1280. The Morgan fingerprint density at radius 3 is 2.36 bits per heavy atom. The summed E-state index contributed by atoms with van der Waals surface area (Å²) in [5, 5.41) is 12.5. The number of carbonyl (C=O) groups excluding carboxylic acids is 2. The van der Waals surface area contributed by atoms with Crippen LogP contribution in [0.5, 0.6) is 0 Å². The third-order valence-electron chi connectivity index (χ3n) is 4.93. The Kier molecular flexibility index (Phi) is 7.22. The first-order chi connectivity index (χ1) is 16.1. The van der Waals surface area contributed by atoms with Crippen LogP contribution in [0.15, 0.2) is 84.0 Å². The van der Waals surface area contributed by atoms with Crippen LogP contribution >= 0.6 is 23.4 Å². The van der Waals surface area contributed by atoms with E-state index in [1.54, 1.807) is 42.5 Å². The predicted octanol–water partition coefficient (Wildman–Crippen LogP) is 5.58. The Hall–Kier alpha value is -3.42. The number of benzene rings is 3. The van der Waals surface area contributed by atoms with Crippen LogP contribution in [-0.4, -0.2) is 32.2 Å². The topological polar surface area (TPSA) is 76.9 Å². The van der Waals surface area contributed by atoms with Crippen molar-refractivity contribution in [3.8, 4) is 11.4 Å². The summed E-state index contributed by atoms with van der Waals surface area (Å²) in [6.07, 6.45) is 0. The van der Waals surface area contributed by atoms with Gasteiger partial charge in [-0.2, -0.15) is 0 Å². The lowest BCUT2D eigenvalue weighted by atomic mass is 10.0. The molecule has 0 saturated heterocycles. The second-order valence-electron chi connectivity index (χ2n) is 7.14. The van der Waals surface area contributed by atoms with E-state index in [2.05, 4.69) is 15.5 Å². The van der Waals surface area contributed by atoms with Crippen LogP contribution in [-0.2, 0) is 11.3 Å². The highest BCUT2D eigenvalue weighted by molar-refractivity contribution is 7.99. The van der Waals surface area contributed by atoms with Crippen LogP contribution < -0.4 is 5.32 Å². The molecule has 0 aliphatic carbocycles. The van der Waals surface area contributed by atoms with Gasteiger partial charge in [-0.05, 0) is 25.1 Å². The summed E-state index contributed by atoms with van der Waals surface area (Å²) in [5.74, 6) is 0.416. The largest absolute Gasteiger partial charge is 0.325 e. The molecule has 4 rings (SSSR count). The van der Waals surface area contributed by atoms with Gasteiger partial charge in [-0.3, -0.25) is 9.59 Å². The molecular weight excluding hydrogens is 456 g/mol. The molecule has 166 valence electrons. The van der Waals surface area contributed by atoms with Crippen molar-refractivity contribution in [3.63, 3.8) is 0 Å². The van der Waals surface area contributed by atoms with Crippen molar-refractivity contribution in [1.29, 1.82) is 0 Å². The number of amides is 1. The fraction of sp³-hybridized carbons (Fsp3) is 0.120. The third-order valence-corrected chi connectivity index (χ3v) is 6.14. The monoisotopic (exact) mass is 476 g/mol. The van der Waals surface area contributed by atoms with Gasteiger partial charge in [-0.15, -0.1) is 10.2 Å². The first-order valence-electron chi connectivity index (χ1n) is 10.4. The van der Waals surface area contributed by atoms with Crippen molar-refractivity contribution >= 4 is 40.7 Å². The highest BCUT2D eigenvalue weighted by Crippen LogP contribution is 2.26. The first kappa shape index (κ1) is 22.8. The summed E-state index contributed by atoms with van der Waals surface area (Å²) in [7, 11) is 0. The van der Waals surface area contributed by atoms with E-state index >= 15 is 0 Å². The Balaban J connectivity index is 1.48. The third kappa shape index (κ3) is 5.32. The minimum atomic E-state index is -0.253. The molecule has 33 heavy (non-hydrogen) atoms. The standard InChI is InChI=1S/C25H21ClN4O2S/c1-2-30-24(18-11-7-4-8-12-18)28-29-25(30)33-16-22(31)27-21-14-13-19(26)15-20(21)23(32)17-9-5-3-6-10-17/h3-15H,2,16H2,1H3,(H,27,31). The van der Waals surface area contributed by atoms with E-state index in [1.807, 2.05) is 47.9 Å². The van der Waals surface area contributed by atoms with Crippen molar-refractivity contribution in [3.05, 3.63) is 95.0 Å². The van der Waals surface area contributed by atoms with E-state index in [1.165, 1.54) is 11.8 Å². The van der Waals surface area contributed by atoms with Crippen LogP contribution in [0, 0.1) is 0 Å². The quantitative estimate of drug-likeness (QED) is 0.265. The highest BCUT2D eigenvalue weighted by atomic mass is 35.5. The highest BCUT2D eigenvalue weighted by Gasteiger charge is 2.18. The first-order valence-corrected chi connectivity index (χ1v) is 11.7.